The molecule has 1 aliphatic carbocycles. The van der Waals surface area contributed by atoms with Crippen LogP contribution in [0.25, 0.3) is 0 Å². The largest absolute Gasteiger partial charge is 0.382 e. The fourth-order valence-electron chi connectivity index (χ4n) is 3.97. The Balaban J connectivity index is 1.30. The first kappa shape index (κ1) is 14.8. The van der Waals surface area contributed by atoms with Crippen molar-refractivity contribution in [2.24, 2.45) is 0 Å². The summed E-state index contributed by atoms with van der Waals surface area (Å²) in [5.41, 5.74) is 5.88. The van der Waals surface area contributed by atoms with Crippen LogP contribution in [0.3, 0.4) is 0 Å². The second-order valence-electron chi connectivity index (χ2n) is 7.02. The molecule has 2 aromatic carbocycles. The number of piperidine rings is 1. The minimum atomic E-state index is 0.626. The van der Waals surface area contributed by atoms with Gasteiger partial charge in [-0.25, -0.2) is 0 Å². The van der Waals surface area contributed by atoms with E-state index in [4.69, 9.17) is 0 Å². The maximum Gasteiger partial charge on any atom is 0.0345 e. The third-order valence-corrected chi connectivity index (χ3v) is 5.31. The Kier molecular flexibility index (Phi) is 4.34. The minimum absolute atomic E-state index is 0.626. The summed E-state index contributed by atoms with van der Waals surface area (Å²) < 4.78 is 0. The van der Waals surface area contributed by atoms with Crippen molar-refractivity contribution >= 4 is 5.69 Å². The second kappa shape index (κ2) is 6.76. The van der Waals surface area contributed by atoms with Crippen LogP contribution >= 0.6 is 0 Å². The Morgan fingerprint density at radius 1 is 0.913 bits per heavy atom. The normalized spacial score (nSPS) is 18.8. The number of likely N-dealkylation sites (tertiary alicyclic amines) is 1. The summed E-state index contributed by atoms with van der Waals surface area (Å²) in [6.45, 7) is 3.47. The first-order valence-electron chi connectivity index (χ1n) is 9.01. The highest BCUT2D eigenvalue weighted by molar-refractivity contribution is 5.50. The van der Waals surface area contributed by atoms with Gasteiger partial charge in [-0.2, -0.15) is 0 Å². The average molecular weight is 306 g/mol. The van der Waals surface area contributed by atoms with E-state index in [0.29, 0.717) is 6.04 Å². The number of benzene rings is 2. The van der Waals surface area contributed by atoms with Gasteiger partial charge < -0.3 is 5.32 Å². The van der Waals surface area contributed by atoms with E-state index in [1.165, 1.54) is 56.4 Å². The maximum absolute atomic E-state index is 3.77. The number of aryl methyl sites for hydroxylation is 2. The molecular formula is C21H26N2. The predicted molar refractivity (Wildman–Crippen MR) is 96.8 cm³/mol. The molecule has 0 unspecified atom stereocenters. The number of nitrogens with one attached hydrogen (secondary N) is 1. The van der Waals surface area contributed by atoms with Crippen LogP contribution in [0, 0.1) is 0 Å². The lowest BCUT2D eigenvalue weighted by molar-refractivity contribution is 0.211. The smallest absolute Gasteiger partial charge is 0.0345 e. The zero-order valence-electron chi connectivity index (χ0n) is 13.8. The molecule has 0 bridgehead atoms. The average Bonchev–Trinajstić information content (AvgIpc) is 3.05. The highest BCUT2D eigenvalue weighted by Gasteiger charge is 2.19. The maximum atomic E-state index is 3.77. The van der Waals surface area contributed by atoms with Crippen LogP contribution in [-0.2, 0) is 19.4 Å². The highest BCUT2D eigenvalue weighted by atomic mass is 15.1. The van der Waals surface area contributed by atoms with Gasteiger partial charge in [-0.15, -0.1) is 0 Å². The van der Waals surface area contributed by atoms with Gasteiger partial charge in [0.05, 0.1) is 0 Å². The zero-order valence-corrected chi connectivity index (χ0v) is 13.8. The van der Waals surface area contributed by atoms with Crippen LogP contribution in [0.4, 0.5) is 5.69 Å². The SMILES string of the molecule is c1ccc(CN2CCC(Nc3ccc4c(c3)CCC4)CC2)cc1. The van der Waals surface area contributed by atoms with Crippen molar-refractivity contribution in [1.29, 1.82) is 0 Å². The summed E-state index contributed by atoms with van der Waals surface area (Å²) in [5.74, 6) is 0. The summed E-state index contributed by atoms with van der Waals surface area (Å²) in [4.78, 5) is 2.58. The molecule has 2 aromatic rings. The van der Waals surface area contributed by atoms with E-state index in [2.05, 4.69) is 58.7 Å². The van der Waals surface area contributed by atoms with E-state index in [1.54, 1.807) is 11.1 Å². The van der Waals surface area contributed by atoms with E-state index in [9.17, 15) is 0 Å². The first-order valence-corrected chi connectivity index (χ1v) is 9.01. The standard InChI is InChI=1S/C21H26N2/c1-2-5-17(6-3-1)16-23-13-11-20(12-14-23)22-21-10-9-18-7-4-8-19(18)15-21/h1-3,5-6,9-10,15,20,22H,4,7-8,11-14,16H2. The molecule has 1 saturated heterocycles. The molecule has 4 rings (SSSR count). The first-order chi connectivity index (χ1) is 11.4. The lowest BCUT2D eigenvalue weighted by Gasteiger charge is -2.33. The Morgan fingerprint density at radius 2 is 1.70 bits per heavy atom. The van der Waals surface area contributed by atoms with Gasteiger partial charge in [0.25, 0.3) is 0 Å². The molecule has 1 heterocycles. The molecular weight excluding hydrogens is 280 g/mol. The summed E-state index contributed by atoms with van der Waals surface area (Å²) in [6, 6.07) is 18.4. The molecule has 0 radical (unpaired) electrons. The van der Waals surface area contributed by atoms with E-state index >= 15 is 0 Å². The second-order valence-corrected chi connectivity index (χ2v) is 7.02. The summed E-state index contributed by atoms with van der Waals surface area (Å²) in [6.07, 6.45) is 6.35. The van der Waals surface area contributed by atoms with Crippen molar-refractivity contribution in [1.82, 2.24) is 4.90 Å². The van der Waals surface area contributed by atoms with Crippen molar-refractivity contribution in [2.75, 3.05) is 18.4 Å². The topological polar surface area (TPSA) is 15.3 Å². The summed E-state index contributed by atoms with van der Waals surface area (Å²) in [5, 5.41) is 3.77. The van der Waals surface area contributed by atoms with Gasteiger partial charge in [0.1, 0.15) is 0 Å². The number of fused-ring (bicyclic) bond motifs is 1. The van der Waals surface area contributed by atoms with Gasteiger partial charge >= 0.3 is 0 Å². The Labute approximate surface area is 139 Å². The van der Waals surface area contributed by atoms with E-state index in [1.807, 2.05) is 0 Å². The highest BCUT2D eigenvalue weighted by Crippen LogP contribution is 2.26. The Morgan fingerprint density at radius 3 is 2.52 bits per heavy atom. The van der Waals surface area contributed by atoms with Crippen molar-refractivity contribution in [2.45, 2.75) is 44.7 Å². The fourth-order valence-corrected chi connectivity index (χ4v) is 3.97. The lowest BCUT2D eigenvalue weighted by Crippen LogP contribution is -2.38. The van der Waals surface area contributed by atoms with E-state index in [-0.39, 0.29) is 0 Å². The molecule has 1 N–H and O–H groups in total. The third-order valence-electron chi connectivity index (χ3n) is 5.31. The summed E-state index contributed by atoms with van der Waals surface area (Å²) >= 11 is 0. The van der Waals surface area contributed by atoms with E-state index in [0.717, 1.165) is 6.54 Å². The van der Waals surface area contributed by atoms with Gasteiger partial charge in [-0.05, 0) is 60.9 Å². The van der Waals surface area contributed by atoms with Crippen LogP contribution in [0.15, 0.2) is 48.5 Å². The van der Waals surface area contributed by atoms with Gasteiger partial charge in [0.15, 0.2) is 0 Å². The predicted octanol–water partition coefficient (Wildman–Crippen LogP) is 4.25. The molecule has 1 aliphatic heterocycles. The lowest BCUT2D eigenvalue weighted by atomic mass is 10.0. The molecule has 2 aliphatic rings. The molecule has 1 fully saturated rings. The molecule has 0 spiro atoms. The van der Waals surface area contributed by atoms with Crippen molar-refractivity contribution in [3.05, 3.63) is 65.2 Å². The van der Waals surface area contributed by atoms with Gasteiger partial charge in [0.2, 0.25) is 0 Å². The Bertz CT molecular complexity index is 642. The van der Waals surface area contributed by atoms with Crippen LogP contribution in [0.5, 0.6) is 0 Å². The minimum Gasteiger partial charge on any atom is -0.382 e. The van der Waals surface area contributed by atoms with Crippen LogP contribution < -0.4 is 5.32 Å². The number of rotatable bonds is 4. The Hall–Kier alpha value is -1.80. The van der Waals surface area contributed by atoms with Gasteiger partial charge in [-0.3, -0.25) is 4.90 Å². The van der Waals surface area contributed by atoms with Crippen molar-refractivity contribution in [3.8, 4) is 0 Å². The molecule has 2 nitrogen and oxygen atoms in total. The van der Waals surface area contributed by atoms with Crippen LogP contribution in [-0.4, -0.2) is 24.0 Å². The summed E-state index contributed by atoms with van der Waals surface area (Å²) in [7, 11) is 0. The number of hydrogen-bond acceptors (Lipinski definition) is 2. The molecule has 120 valence electrons. The van der Waals surface area contributed by atoms with Crippen molar-refractivity contribution in [3.63, 3.8) is 0 Å². The quantitative estimate of drug-likeness (QED) is 0.908. The molecule has 0 saturated carbocycles. The molecule has 0 amide bonds. The molecule has 0 aromatic heterocycles. The monoisotopic (exact) mass is 306 g/mol. The van der Waals surface area contributed by atoms with E-state index < -0.39 is 0 Å². The third kappa shape index (κ3) is 3.59. The van der Waals surface area contributed by atoms with Crippen molar-refractivity contribution < 1.29 is 0 Å². The fraction of sp³-hybridized carbons (Fsp3) is 0.429. The van der Waals surface area contributed by atoms with Gasteiger partial charge in [-0.1, -0.05) is 36.4 Å². The number of nitrogens with zero attached hydrogens (tertiary/aromatic N) is 1. The molecule has 0 atom stereocenters. The molecule has 23 heavy (non-hydrogen) atoms. The zero-order chi connectivity index (χ0) is 15.5. The van der Waals surface area contributed by atoms with Crippen LogP contribution in [0.1, 0.15) is 36.0 Å². The number of hydrogen-bond donors (Lipinski definition) is 1. The van der Waals surface area contributed by atoms with Gasteiger partial charge in [0, 0.05) is 31.4 Å². The number of anilines is 1. The molecule has 2 heteroatoms. The van der Waals surface area contributed by atoms with Crippen LogP contribution in [0.2, 0.25) is 0 Å².